The number of H-pyrrole nitrogens is 1. The molecule has 0 fully saturated rings. The number of carbonyl (C=O) groups is 1. The van der Waals surface area contributed by atoms with Crippen LogP contribution in [0.4, 0.5) is 10.2 Å². The van der Waals surface area contributed by atoms with Gasteiger partial charge in [-0.3, -0.25) is 14.6 Å². The van der Waals surface area contributed by atoms with Gasteiger partial charge in [-0.05, 0) is 24.3 Å². The number of nitrogens with one attached hydrogen (secondary N) is 2. The van der Waals surface area contributed by atoms with E-state index in [1.54, 1.807) is 36.1 Å². The van der Waals surface area contributed by atoms with Gasteiger partial charge in [0.25, 0.3) is 5.91 Å². The van der Waals surface area contributed by atoms with Crippen LogP contribution in [0.2, 0.25) is 0 Å². The third-order valence-electron chi connectivity index (χ3n) is 2.97. The molecule has 3 rings (SSSR count). The molecule has 0 unspecified atom stereocenters. The first-order chi connectivity index (χ1) is 10.1. The van der Waals surface area contributed by atoms with E-state index in [0.29, 0.717) is 22.6 Å². The van der Waals surface area contributed by atoms with E-state index in [-0.39, 0.29) is 11.7 Å². The van der Waals surface area contributed by atoms with Gasteiger partial charge in [0, 0.05) is 24.9 Å². The average Bonchev–Trinajstić information content (AvgIpc) is 3.09. The minimum absolute atomic E-state index is 0.332. The van der Waals surface area contributed by atoms with Crippen LogP contribution in [0.3, 0.4) is 0 Å². The van der Waals surface area contributed by atoms with E-state index in [1.165, 1.54) is 18.3 Å². The lowest BCUT2D eigenvalue weighted by Gasteiger charge is -2.03. The Morgan fingerprint density at radius 2 is 2.05 bits per heavy atom. The van der Waals surface area contributed by atoms with Crippen LogP contribution in [0, 0.1) is 5.82 Å². The van der Waals surface area contributed by atoms with E-state index >= 15 is 0 Å². The van der Waals surface area contributed by atoms with Gasteiger partial charge in [0.1, 0.15) is 5.82 Å². The Hall–Kier alpha value is -2.96. The number of benzene rings is 1. The molecule has 0 aliphatic rings. The van der Waals surface area contributed by atoms with Crippen molar-refractivity contribution in [2.24, 2.45) is 7.05 Å². The van der Waals surface area contributed by atoms with E-state index in [4.69, 9.17) is 0 Å². The quantitative estimate of drug-likeness (QED) is 0.774. The molecule has 0 spiro atoms. The summed E-state index contributed by atoms with van der Waals surface area (Å²) in [7, 11) is 1.76. The van der Waals surface area contributed by atoms with Gasteiger partial charge in [-0.2, -0.15) is 10.2 Å². The fraction of sp³-hybridized carbons (Fsp3) is 0.0714. The van der Waals surface area contributed by atoms with Crippen LogP contribution in [-0.4, -0.2) is 25.9 Å². The highest BCUT2D eigenvalue weighted by Gasteiger charge is 2.16. The summed E-state index contributed by atoms with van der Waals surface area (Å²) in [4.78, 5) is 12.3. The van der Waals surface area contributed by atoms with Crippen molar-refractivity contribution < 1.29 is 9.18 Å². The van der Waals surface area contributed by atoms with E-state index in [2.05, 4.69) is 20.6 Å². The molecule has 0 saturated carbocycles. The fourth-order valence-corrected chi connectivity index (χ4v) is 1.96. The van der Waals surface area contributed by atoms with Gasteiger partial charge in [0.15, 0.2) is 5.82 Å². The van der Waals surface area contributed by atoms with Crippen molar-refractivity contribution in [3.63, 3.8) is 0 Å². The topological polar surface area (TPSA) is 75.6 Å². The Morgan fingerprint density at radius 3 is 2.71 bits per heavy atom. The Kier molecular flexibility index (Phi) is 3.23. The number of hydrogen-bond acceptors (Lipinski definition) is 3. The highest BCUT2D eigenvalue weighted by molar-refractivity contribution is 6.07. The fourth-order valence-electron chi connectivity index (χ4n) is 1.96. The SMILES string of the molecule is Cn1ccc(NC(=O)c2cn[nH]c2-c2ccc(F)cc2)n1. The maximum absolute atomic E-state index is 13.0. The maximum atomic E-state index is 13.0. The van der Waals surface area contributed by atoms with Crippen LogP contribution >= 0.6 is 0 Å². The molecule has 0 aliphatic heterocycles. The predicted octanol–water partition coefficient (Wildman–Crippen LogP) is 2.20. The summed E-state index contributed by atoms with van der Waals surface area (Å²) in [6, 6.07) is 7.52. The number of anilines is 1. The number of halogens is 1. The molecule has 6 nitrogen and oxygen atoms in total. The van der Waals surface area contributed by atoms with Crippen LogP contribution in [-0.2, 0) is 7.05 Å². The van der Waals surface area contributed by atoms with Gasteiger partial charge in [0.05, 0.1) is 17.5 Å². The lowest BCUT2D eigenvalue weighted by Crippen LogP contribution is -2.12. The smallest absolute Gasteiger partial charge is 0.260 e. The van der Waals surface area contributed by atoms with Gasteiger partial charge in [-0.15, -0.1) is 0 Å². The summed E-state index contributed by atoms with van der Waals surface area (Å²) < 4.78 is 14.6. The molecule has 1 aromatic carbocycles. The maximum Gasteiger partial charge on any atom is 0.260 e. The molecule has 1 amide bonds. The highest BCUT2D eigenvalue weighted by Crippen LogP contribution is 2.22. The van der Waals surface area contributed by atoms with Gasteiger partial charge in [0.2, 0.25) is 0 Å². The molecule has 106 valence electrons. The van der Waals surface area contributed by atoms with Gasteiger partial charge < -0.3 is 5.32 Å². The molecule has 2 N–H and O–H groups in total. The average molecular weight is 285 g/mol. The van der Waals surface area contributed by atoms with Crippen molar-refractivity contribution in [2.45, 2.75) is 0 Å². The minimum Gasteiger partial charge on any atom is -0.305 e. The molecular formula is C14H12FN5O. The van der Waals surface area contributed by atoms with E-state index in [9.17, 15) is 9.18 Å². The Bertz CT molecular complexity index is 775. The highest BCUT2D eigenvalue weighted by atomic mass is 19.1. The van der Waals surface area contributed by atoms with Crippen LogP contribution in [0.1, 0.15) is 10.4 Å². The second-order valence-corrected chi connectivity index (χ2v) is 4.49. The van der Waals surface area contributed by atoms with Crippen LogP contribution in [0.25, 0.3) is 11.3 Å². The molecule has 0 atom stereocenters. The first-order valence-electron chi connectivity index (χ1n) is 6.24. The van der Waals surface area contributed by atoms with Crippen LogP contribution in [0.5, 0.6) is 0 Å². The van der Waals surface area contributed by atoms with Gasteiger partial charge >= 0.3 is 0 Å². The predicted molar refractivity (Wildman–Crippen MR) is 75.1 cm³/mol. The molecule has 2 heterocycles. The molecule has 3 aromatic rings. The number of amides is 1. The van der Waals surface area contributed by atoms with E-state index in [0.717, 1.165) is 0 Å². The van der Waals surface area contributed by atoms with Crippen LogP contribution in [0.15, 0.2) is 42.7 Å². The van der Waals surface area contributed by atoms with Crippen molar-refractivity contribution in [1.82, 2.24) is 20.0 Å². The third kappa shape index (κ3) is 2.66. The lowest BCUT2D eigenvalue weighted by atomic mass is 10.1. The Balaban J connectivity index is 1.88. The third-order valence-corrected chi connectivity index (χ3v) is 2.97. The summed E-state index contributed by atoms with van der Waals surface area (Å²) in [5.74, 6) is -0.215. The zero-order valence-corrected chi connectivity index (χ0v) is 11.2. The number of nitrogens with zero attached hydrogens (tertiary/aromatic N) is 3. The summed E-state index contributed by atoms with van der Waals surface area (Å²) in [6.07, 6.45) is 3.16. The second kappa shape index (κ2) is 5.20. The molecule has 0 saturated heterocycles. The number of aromatic nitrogens is 4. The van der Waals surface area contributed by atoms with Gasteiger partial charge in [-0.25, -0.2) is 4.39 Å². The first kappa shape index (κ1) is 13.0. The first-order valence-corrected chi connectivity index (χ1v) is 6.24. The largest absolute Gasteiger partial charge is 0.305 e. The molecule has 0 aliphatic carbocycles. The molecule has 2 aromatic heterocycles. The van der Waals surface area contributed by atoms with Crippen molar-refractivity contribution in [3.05, 3.63) is 54.1 Å². The Morgan fingerprint density at radius 1 is 1.29 bits per heavy atom. The van der Waals surface area contributed by atoms with E-state index in [1.807, 2.05) is 0 Å². The Labute approximate surface area is 119 Å². The number of hydrogen-bond donors (Lipinski definition) is 2. The van der Waals surface area contributed by atoms with Crippen molar-refractivity contribution in [2.75, 3.05) is 5.32 Å². The van der Waals surface area contributed by atoms with Crippen molar-refractivity contribution in [1.29, 1.82) is 0 Å². The summed E-state index contributed by atoms with van der Waals surface area (Å²) in [6.45, 7) is 0. The minimum atomic E-state index is -0.335. The number of carbonyl (C=O) groups excluding carboxylic acids is 1. The summed E-state index contributed by atoms with van der Waals surface area (Å²) in [5, 5.41) is 13.4. The second-order valence-electron chi connectivity index (χ2n) is 4.49. The monoisotopic (exact) mass is 285 g/mol. The standard InChI is InChI=1S/C14H12FN5O/c1-20-7-6-12(19-20)17-14(21)11-8-16-18-13(11)9-2-4-10(15)5-3-9/h2-8H,1H3,(H,16,18)(H,17,19,21). The summed E-state index contributed by atoms with van der Waals surface area (Å²) in [5.41, 5.74) is 1.58. The molecule has 0 radical (unpaired) electrons. The molecule has 0 bridgehead atoms. The zero-order chi connectivity index (χ0) is 14.8. The van der Waals surface area contributed by atoms with Crippen molar-refractivity contribution >= 4 is 11.7 Å². The van der Waals surface area contributed by atoms with Gasteiger partial charge in [-0.1, -0.05) is 0 Å². The van der Waals surface area contributed by atoms with E-state index < -0.39 is 0 Å². The number of aryl methyl sites for hydroxylation is 1. The number of rotatable bonds is 3. The number of aromatic amines is 1. The summed E-state index contributed by atoms with van der Waals surface area (Å²) >= 11 is 0. The molecular weight excluding hydrogens is 273 g/mol. The lowest BCUT2D eigenvalue weighted by molar-refractivity contribution is 0.102. The van der Waals surface area contributed by atoms with Crippen LogP contribution < -0.4 is 5.32 Å². The van der Waals surface area contributed by atoms with Crippen molar-refractivity contribution in [3.8, 4) is 11.3 Å². The normalized spacial score (nSPS) is 10.6. The zero-order valence-electron chi connectivity index (χ0n) is 11.2. The molecule has 21 heavy (non-hydrogen) atoms. The molecule has 7 heteroatoms.